The van der Waals surface area contributed by atoms with Gasteiger partial charge in [-0.05, 0) is 68.2 Å². The molecule has 2 aromatic rings. The molecule has 6 nitrogen and oxygen atoms in total. The smallest absolute Gasteiger partial charge is 0.332 e. The van der Waals surface area contributed by atoms with Crippen molar-refractivity contribution in [2.45, 2.75) is 44.6 Å². The summed E-state index contributed by atoms with van der Waals surface area (Å²) in [5.41, 5.74) is 0.602. The summed E-state index contributed by atoms with van der Waals surface area (Å²) < 4.78 is 41.8. The van der Waals surface area contributed by atoms with E-state index in [-0.39, 0.29) is 22.5 Å². The predicted molar refractivity (Wildman–Crippen MR) is 113 cm³/mol. The molecule has 30 heavy (non-hydrogen) atoms. The molecule has 0 saturated heterocycles. The SMILES string of the molecule is Cc1ccc(/C(=C(/CCO)C(=O)O)c2ccc(S(=O)(=O)NC(C)(C)C)cc2)cc1F. The molecule has 0 aliphatic heterocycles. The van der Waals surface area contributed by atoms with E-state index in [2.05, 4.69) is 4.72 Å². The minimum atomic E-state index is -3.77. The Hall–Kier alpha value is -2.55. The Kier molecular flexibility index (Phi) is 7.18. The van der Waals surface area contributed by atoms with E-state index in [1.165, 1.54) is 36.4 Å². The van der Waals surface area contributed by atoms with Gasteiger partial charge in [0, 0.05) is 24.1 Å². The average molecular weight is 436 g/mol. The second-order valence-electron chi connectivity index (χ2n) is 7.98. The summed E-state index contributed by atoms with van der Waals surface area (Å²) in [7, 11) is -3.77. The molecule has 3 N–H and O–H groups in total. The zero-order valence-corrected chi connectivity index (χ0v) is 18.2. The fourth-order valence-electron chi connectivity index (χ4n) is 2.98. The zero-order chi connectivity index (χ0) is 22.7. The van der Waals surface area contributed by atoms with Crippen LogP contribution in [0.15, 0.2) is 52.9 Å². The summed E-state index contributed by atoms with van der Waals surface area (Å²) in [6.07, 6.45) is -0.147. The molecule has 0 bridgehead atoms. The van der Waals surface area contributed by atoms with Crippen molar-refractivity contribution in [1.29, 1.82) is 0 Å². The van der Waals surface area contributed by atoms with Crippen LogP contribution in [0.5, 0.6) is 0 Å². The van der Waals surface area contributed by atoms with Crippen molar-refractivity contribution in [1.82, 2.24) is 4.72 Å². The van der Waals surface area contributed by atoms with Gasteiger partial charge in [0.25, 0.3) is 0 Å². The van der Waals surface area contributed by atoms with Crippen LogP contribution in [0.3, 0.4) is 0 Å². The first-order valence-corrected chi connectivity index (χ1v) is 10.8. The van der Waals surface area contributed by atoms with Gasteiger partial charge in [0.2, 0.25) is 10.0 Å². The number of carboxylic acid groups (broad SMARTS) is 1. The lowest BCUT2D eigenvalue weighted by Gasteiger charge is -2.20. The molecule has 0 aliphatic rings. The number of aryl methyl sites for hydroxylation is 1. The Morgan fingerprint density at radius 2 is 1.63 bits per heavy atom. The number of benzene rings is 2. The first-order chi connectivity index (χ1) is 13.9. The van der Waals surface area contributed by atoms with Gasteiger partial charge in [-0.15, -0.1) is 0 Å². The van der Waals surface area contributed by atoms with Crippen molar-refractivity contribution in [2.24, 2.45) is 0 Å². The summed E-state index contributed by atoms with van der Waals surface area (Å²) in [6, 6.07) is 10.1. The Morgan fingerprint density at radius 3 is 2.10 bits per heavy atom. The minimum Gasteiger partial charge on any atom is -0.478 e. The standard InChI is InChI=1S/C22H26FNO5S/c1-14-5-6-16(13-19(14)23)20(18(11-12-25)21(26)27)15-7-9-17(10-8-15)30(28,29)24-22(2,3)4/h5-10,13,24-25H,11-12H2,1-4H3,(H,26,27)/b20-18-. The van der Waals surface area contributed by atoms with E-state index in [0.29, 0.717) is 16.7 Å². The maximum Gasteiger partial charge on any atom is 0.332 e. The van der Waals surface area contributed by atoms with E-state index in [9.17, 15) is 27.8 Å². The number of carboxylic acids is 1. The number of halogens is 1. The van der Waals surface area contributed by atoms with Crippen LogP contribution in [-0.4, -0.2) is 36.7 Å². The number of hydrogen-bond donors (Lipinski definition) is 3. The van der Waals surface area contributed by atoms with Gasteiger partial charge < -0.3 is 10.2 Å². The van der Waals surface area contributed by atoms with Crippen molar-refractivity contribution < 1.29 is 27.8 Å². The maximum absolute atomic E-state index is 14.2. The molecule has 0 atom stereocenters. The summed E-state index contributed by atoms with van der Waals surface area (Å²) in [5, 5.41) is 19.0. The number of rotatable bonds is 7. The molecule has 0 spiro atoms. The molecule has 0 fully saturated rings. The largest absolute Gasteiger partial charge is 0.478 e. The van der Waals surface area contributed by atoms with Gasteiger partial charge >= 0.3 is 5.97 Å². The molecule has 8 heteroatoms. The first-order valence-electron chi connectivity index (χ1n) is 9.34. The molecular weight excluding hydrogens is 409 g/mol. The van der Waals surface area contributed by atoms with Crippen molar-refractivity contribution in [3.05, 3.63) is 70.5 Å². The Labute approximate surface area is 176 Å². The van der Waals surface area contributed by atoms with Crippen LogP contribution in [0.1, 0.15) is 43.9 Å². The van der Waals surface area contributed by atoms with E-state index in [4.69, 9.17) is 0 Å². The summed E-state index contributed by atoms with van der Waals surface area (Å²) in [4.78, 5) is 11.9. The Balaban J connectivity index is 2.64. The molecule has 0 heterocycles. The monoisotopic (exact) mass is 435 g/mol. The normalized spacial score (nSPS) is 13.1. The molecule has 0 unspecified atom stereocenters. The lowest BCUT2D eigenvalue weighted by Crippen LogP contribution is -2.40. The molecule has 0 amide bonds. The van der Waals surface area contributed by atoms with Crippen LogP contribution >= 0.6 is 0 Å². The van der Waals surface area contributed by atoms with Crippen molar-refractivity contribution >= 4 is 21.6 Å². The van der Waals surface area contributed by atoms with E-state index in [0.717, 1.165) is 0 Å². The predicted octanol–water partition coefficient (Wildman–Crippen LogP) is 3.48. The van der Waals surface area contributed by atoms with Crippen LogP contribution in [0, 0.1) is 12.7 Å². The van der Waals surface area contributed by atoms with E-state index in [1.807, 2.05) is 0 Å². The summed E-state index contributed by atoms with van der Waals surface area (Å²) in [5.74, 6) is -1.74. The molecule has 0 aliphatic carbocycles. The van der Waals surface area contributed by atoms with E-state index < -0.39 is 34.0 Å². The third-order valence-corrected chi connectivity index (χ3v) is 6.05. The zero-order valence-electron chi connectivity index (χ0n) is 17.4. The van der Waals surface area contributed by atoms with Crippen molar-refractivity contribution in [3.63, 3.8) is 0 Å². The lowest BCUT2D eigenvalue weighted by atomic mass is 9.91. The third-order valence-electron chi connectivity index (χ3n) is 4.28. The van der Waals surface area contributed by atoms with Crippen molar-refractivity contribution in [3.8, 4) is 0 Å². The fourth-order valence-corrected chi connectivity index (χ4v) is 4.40. The topological polar surface area (TPSA) is 104 Å². The number of sulfonamides is 1. The van der Waals surface area contributed by atoms with Gasteiger partial charge in [-0.25, -0.2) is 22.3 Å². The van der Waals surface area contributed by atoms with E-state index >= 15 is 0 Å². The van der Waals surface area contributed by atoms with Gasteiger partial charge in [0.1, 0.15) is 5.82 Å². The minimum absolute atomic E-state index is 0.0228. The molecule has 162 valence electrons. The maximum atomic E-state index is 14.2. The highest BCUT2D eigenvalue weighted by atomic mass is 32.2. The number of aliphatic carboxylic acids is 1. The van der Waals surface area contributed by atoms with Gasteiger partial charge in [0.15, 0.2) is 0 Å². The van der Waals surface area contributed by atoms with Crippen molar-refractivity contribution in [2.75, 3.05) is 6.61 Å². The number of aliphatic hydroxyl groups is 1. The van der Waals surface area contributed by atoms with Crippen LogP contribution in [0.25, 0.3) is 5.57 Å². The molecule has 0 radical (unpaired) electrons. The molecule has 0 aromatic heterocycles. The number of nitrogens with one attached hydrogen (secondary N) is 1. The van der Waals surface area contributed by atoms with Gasteiger partial charge in [0.05, 0.1) is 4.90 Å². The fraction of sp³-hybridized carbons (Fsp3) is 0.318. The highest BCUT2D eigenvalue weighted by Crippen LogP contribution is 2.31. The number of aliphatic hydroxyl groups excluding tert-OH is 1. The molecular formula is C22H26FNO5S. The third kappa shape index (κ3) is 5.75. The molecule has 2 aromatic carbocycles. The number of carbonyl (C=O) groups is 1. The summed E-state index contributed by atoms with van der Waals surface area (Å²) in [6.45, 7) is 6.36. The first kappa shape index (κ1) is 23.7. The molecule has 0 saturated carbocycles. The quantitative estimate of drug-likeness (QED) is 0.578. The van der Waals surface area contributed by atoms with Crippen LogP contribution < -0.4 is 4.72 Å². The second kappa shape index (κ2) is 9.07. The highest BCUT2D eigenvalue weighted by molar-refractivity contribution is 7.89. The summed E-state index contributed by atoms with van der Waals surface area (Å²) >= 11 is 0. The Morgan fingerprint density at radius 1 is 1.07 bits per heavy atom. The number of hydrogen-bond acceptors (Lipinski definition) is 4. The van der Waals surface area contributed by atoms with Crippen LogP contribution in [-0.2, 0) is 14.8 Å². The van der Waals surface area contributed by atoms with Crippen LogP contribution in [0.2, 0.25) is 0 Å². The van der Waals surface area contributed by atoms with Gasteiger partial charge in [-0.3, -0.25) is 0 Å². The lowest BCUT2D eigenvalue weighted by molar-refractivity contribution is -0.132. The molecule has 2 rings (SSSR count). The second-order valence-corrected chi connectivity index (χ2v) is 9.66. The van der Waals surface area contributed by atoms with Crippen LogP contribution in [0.4, 0.5) is 4.39 Å². The van der Waals surface area contributed by atoms with E-state index in [1.54, 1.807) is 33.8 Å². The highest BCUT2D eigenvalue weighted by Gasteiger charge is 2.23. The van der Waals surface area contributed by atoms with Gasteiger partial charge in [-0.2, -0.15) is 0 Å². The van der Waals surface area contributed by atoms with Gasteiger partial charge in [-0.1, -0.05) is 24.3 Å². The Bertz CT molecular complexity index is 1070. The average Bonchev–Trinajstić information content (AvgIpc) is 2.62.